The zero-order valence-corrected chi connectivity index (χ0v) is 11.6. The van der Waals surface area contributed by atoms with Crippen LogP contribution in [-0.4, -0.2) is 35.0 Å². The lowest BCUT2D eigenvalue weighted by Gasteiger charge is -2.25. The van der Waals surface area contributed by atoms with Crippen LogP contribution in [0.25, 0.3) is 0 Å². The predicted octanol–water partition coefficient (Wildman–Crippen LogP) is 1.73. The van der Waals surface area contributed by atoms with Crippen LogP contribution >= 0.6 is 0 Å². The number of hydrogen-bond donors (Lipinski definition) is 0. The van der Waals surface area contributed by atoms with Crippen molar-refractivity contribution in [2.45, 2.75) is 33.4 Å². The Bertz CT molecular complexity index is 466. The Morgan fingerprint density at radius 1 is 1.58 bits per heavy atom. The van der Waals surface area contributed by atoms with Crippen molar-refractivity contribution in [1.29, 1.82) is 5.26 Å². The molecule has 0 aliphatic heterocycles. The molecule has 1 heterocycles. The van der Waals surface area contributed by atoms with E-state index in [2.05, 4.69) is 11.1 Å². The summed E-state index contributed by atoms with van der Waals surface area (Å²) < 4.78 is 4.96. The molecule has 1 aromatic rings. The van der Waals surface area contributed by atoms with Crippen LogP contribution in [0.5, 0.6) is 0 Å². The van der Waals surface area contributed by atoms with Gasteiger partial charge in [0.2, 0.25) is 0 Å². The molecule has 102 valence electrons. The second kappa shape index (κ2) is 7.49. The van der Waals surface area contributed by atoms with Crippen LogP contribution in [-0.2, 0) is 16.1 Å². The molecule has 0 bridgehead atoms. The molecule has 5 heteroatoms. The molecule has 0 unspecified atom stereocenters. The molecule has 1 aromatic heterocycles. The number of pyridine rings is 1. The van der Waals surface area contributed by atoms with Gasteiger partial charge in [-0.05, 0) is 26.8 Å². The Hall–Kier alpha value is -1.93. The number of nitriles is 1. The third-order valence-electron chi connectivity index (χ3n) is 2.74. The molecule has 19 heavy (non-hydrogen) atoms. The fourth-order valence-corrected chi connectivity index (χ4v) is 1.68. The van der Waals surface area contributed by atoms with Gasteiger partial charge in [-0.1, -0.05) is 6.07 Å². The molecule has 0 radical (unpaired) electrons. The van der Waals surface area contributed by atoms with Crippen molar-refractivity contribution in [1.82, 2.24) is 9.88 Å². The topological polar surface area (TPSA) is 66.2 Å². The Morgan fingerprint density at radius 3 is 2.89 bits per heavy atom. The second-order valence-electron chi connectivity index (χ2n) is 4.43. The minimum absolute atomic E-state index is 0.177. The first kappa shape index (κ1) is 15.1. The first-order chi connectivity index (χ1) is 9.08. The first-order valence-corrected chi connectivity index (χ1v) is 6.32. The summed E-state index contributed by atoms with van der Waals surface area (Å²) in [6.45, 7) is 6.88. The zero-order valence-electron chi connectivity index (χ0n) is 11.6. The van der Waals surface area contributed by atoms with Crippen LogP contribution in [0.4, 0.5) is 0 Å². The molecule has 0 spiro atoms. The number of carbonyl (C=O) groups excluding carboxylic acids is 1. The second-order valence-corrected chi connectivity index (χ2v) is 4.43. The van der Waals surface area contributed by atoms with Crippen LogP contribution in [0.15, 0.2) is 18.3 Å². The molecule has 1 rings (SSSR count). The van der Waals surface area contributed by atoms with E-state index in [-0.39, 0.29) is 18.6 Å². The Morgan fingerprint density at radius 2 is 2.32 bits per heavy atom. The molecule has 0 aliphatic carbocycles. The van der Waals surface area contributed by atoms with E-state index in [1.54, 1.807) is 19.2 Å². The highest BCUT2D eigenvalue weighted by molar-refractivity contribution is 5.71. The number of aromatic nitrogens is 1. The van der Waals surface area contributed by atoms with Crippen LogP contribution < -0.4 is 0 Å². The summed E-state index contributed by atoms with van der Waals surface area (Å²) in [4.78, 5) is 17.5. The molecule has 0 atom stereocenters. The molecule has 0 aliphatic rings. The lowest BCUT2D eigenvalue weighted by atomic mass is 10.1. The van der Waals surface area contributed by atoms with Crippen molar-refractivity contribution < 1.29 is 9.53 Å². The lowest BCUT2D eigenvalue weighted by molar-refractivity contribution is -0.145. The minimum atomic E-state index is -0.251. The van der Waals surface area contributed by atoms with E-state index >= 15 is 0 Å². The summed E-state index contributed by atoms with van der Waals surface area (Å²) in [6.07, 6.45) is 1.59. The molecule has 0 fully saturated rings. The largest absolute Gasteiger partial charge is 0.465 e. The van der Waals surface area contributed by atoms with Gasteiger partial charge < -0.3 is 4.74 Å². The smallest absolute Gasteiger partial charge is 0.320 e. The third-order valence-corrected chi connectivity index (χ3v) is 2.74. The summed E-state index contributed by atoms with van der Waals surface area (Å²) in [5.74, 6) is -0.251. The van der Waals surface area contributed by atoms with Gasteiger partial charge in [0.15, 0.2) is 0 Å². The Kier molecular flexibility index (Phi) is 5.97. The molecule has 0 saturated heterocycles. The standard InChI is InChI=1S/C14H19N3O2/c1-4-19-14(18)10-17(11(2)3)9-12-6-5-7-16-13(12)8-15/h5-7,11H,4,9-10H2,1-3H3. The van der Waals surface area contributed by atoms with Crippen LogP contribution in [0, 0.1) is 11.3 Å². The normalized spacial score (nSPS) is 10.5. The van der Waals surface area contributed by atoms with Crippen molar-refractivity contribution in [3.63, 3.8) is 0 Å². The van der Waals surface area contributed by atoms with Crippen molar-refractivity contribution in [2.75, 3.05) is 13.2 Å². The fraction of sp³-hybridized carbons (Fsp3) is 0.500. The molecule has 0 N–H and O–H groups in total. The Balaban J connectivity index is 2.79. The van der Waals surface area contributed by atoms with Crippen molar-refractivity contribution >= 4 is 5.97 Å². The maximum absolute atomic E-state index is 11.6. The van der Waals surface area contributed by atoms with Gasteiger partial charge in [-0.2, -0.15) is 5.26 Å². The molecule has 0 amide bonds. The number of esters is 1. The summed E-state index contributed by atoms with van der Waals surface area (Å²) in [5.41, 5.74) is 1.22. The highest BCUT2D eigenvalue weighted by Gasteiger charge is 2.17. The van der Waals surface area contributed by atoms with Crippen LogP contribution in [0.3, 0.4) is 0 Å². The number of rotatable bonds is 6. The Labute approximate surface area is 113 Å². The van der Waals surface area contributed by atoms with Gasteiger partial charge in [-0.25, -0.2) is 4.98 Å². The SMILES string of the molecule is CCOC(=O)CN(Cc1cccnc1C#N)C(C)C. The van der Waals surface area contributed by atoms with Gasteiger partial charge >= 0.3 is 5.97 Å². The van der Waals surface area contributed by atoms with Crippen LogP contribution in [0.2, 0.25) is 0 Å². The fourth-order valence-electron chi connectivity index (χ4n) is 1.68. The summed E-state index contributed by atoms with van der Waals surface area (Å²) in [6, 6.07) is 5.89. The van der Waals surface area contributed by atoms with E-state index in [4.69, 9.17) is 10.00 Å². The average molecular weight is 261 g/mol. The molecule has 5 nitrogen and oxygen atoms in total. The summed E-state index contributed by atoms with van der Waals surface area (Å²) in [7, 11) is 0. The van der Waals surface area contributed by atoms with Crippen molar-refractivity contribution in [2.24, 2.45) is 0 Å². The minimum Gasteiger partial charge on any atom is -0.465 e. The van der Waals surface area contributed by atoms with E-state index in [0.29, 0.717) is 18.8 Å². The quantitative estimate of drug-likeness (QED) is 0.729. The van der Waals surface area contributed by atoms with Gasteiger partial charge in [0, 0.05) is 24.3 Å². The van der Waals surface area contributed by atoms with E-state index in [0.717, 1.165) is 5.56 Å². The van der Waals surface area contributed by atoms with Gasteiger partial charge in [-0.15, -0.1) is 0 Å². The van der Waals surface area contributed by atoms with Gasteiger partial charge in [0.05, 0.1) is 13.2 Å². The van der Waals surface area contributed by atoms with E-state index in [1.165, 1.54) is 0 Å². The van der Waals surface area contributed by atoms with E-state index in [9.17, 15) is 4.79 Å². The van der Waals surface area contributed by atoms with Crippen molar-refractivity contribution in [3.8, 4) is 6.07 Å². The molecular weight excluding hydrogens is 242 g/mol. The maximum Gasteiger partial charge on any atom is 0.320 e. The van der Waals surface area contributed by atoms with Crippen molar-refractivity contribution in [3.05, 3.63) is 29.6 Å². The average Bonchev–Trinajstić information content (AvgIpc) is 2.38. The molecule has 0 aromatic carbocycles. The highest BCUT2D eigenvalue weighted by atomic mass is 16.5. The van der Waals surface area contributed by atoms with Crippen LogP contribution in [0.1, 0.15) is 32.0 Å². The maximum atomic E-state index is 11.6. The lowest BCUT2D eigenvalue weighted by Crippen LogP contribution is -2.36. The first-order valence-electron chi connectivity index (χ1n) is 6.32. The van der Waals surface area contributed by atoms with E-state index < -0.39 is 0 Å². The number of carbonyl (C=O) groups is 1. The molecule has 0 saturated carbocycles. The van der Waals surface area contributed by atoms with E-state index in [1.807, 2.05) is 24.8 Å². The number of hydrogen-bond acceptors (Lipinski definition) is 5. The summed E-state index contributed by atoms with van der Waals surface area (Å²) >= 11 is 0. The number of nitrogens with zero attached hydrogens (tertiary/aromatic N) is 3. The van der Waals surface area contributed by atoms with Gasteiger partial charge in [-0.3, -0.25) is 9.69 Å². The van der Waals surface area contributed by atoms with Gasteiger partial charge in [0.25, 0.3) is 0 Å². The number of ether oxygens (including phenoxy) is 1. The monoisotopic (exact) mass is 261 g/mol. The van der Waals surface area contributed by atoms with Gasteiger partial charge in [0.1, 0.15) is 11.8 Å². The molecular formula is C14H19N3O2. The third kappa shape index (κ3) is 4.68. The highest BCUT2D eigenvalue weighted by Crippen LogP contribution is 2.11. The zero-order chi connectivity index (χ0) is 14.3. The predicted molar refractivity (Wildman–Crippen MR) is 71.1 cm³/mol. The summed E-state index contributed by atoms with van der Waals surface area (Å²) in [5, 5.41) is 9.01.